The molecule has 0 unspecified atom stereocenters. The second-order valence-corrected chi connectivity index (χ2v) is 6.71. The van der Waals surface area contributed by atoms with Crippen LogP contribution in [0, 0.1) is 0 Å². The monoisotopic (exact) mass is 398 g/mol. The first-order valence-corrected chi connectivity index (χ1v) is 9.16. The van der Waals surface area contributed by atoms with Crippen molar-refractivity contribution in [1.82, 2.24) is 19.3 Å². The van der Waals surface area contributed by atoms with Crippen LogP contribution in [0.25, 0.3) is 16.9 Å². The molecule has 0 bridgehead atoms. The topological polar surface area (TPSA) is 44.9 Å². The molecular weight excluding hydrogens is 383 g/mol. The highest BCUT2D eigenvalue weighted by atomic mass is 35.5. The zero-order valence-corrected chi connectivity index (χ0v) is 15.8. The average molecular weight is 399 g/mol. The summed E-state index contributed by atoms with van der Waals surface area (Å²) in [5, 5.41) is 5.60. The van der Waals surface area contributed by atoms with Gasteiger partial charge in [0.25, 0.3) is 0 Å². The van der Waals surface area contributed by atoms with Crippen LogP contribution in [0.3, 0.4) is 0 Å². The van der Waals surface area contributed by atoms with Crippen molar-refractivity contribution in [3.63, 3.8) is 0 Å². The highest BCUT2D eigenvalue weighted by molar-refractivity contribution is 6.42. The SMILES string of the molecule is Clc1ccc(-n2nc(OCCn3ccnc3)cc2-c2ccccc2)cc1Cl. The Bertz CT molecular complexity index is 1030. The number of imidazole rings is 1. The Hall–Kier alpha value is -2.76. The van der Waals surface area contributed by atoms with Crippen molar-refractivity contribution in [2.24, 2.45) is 0 Å². The molecule has 0 saturated carbocycles. The van der Waals surface area contributed by atoms with E-state index in [0.29, 0.717) is 29.1 Å². The Morgan fingerprint density at radius 2 is 1.81 bits per heavy atom. The van der Waals surface area contributed by atoms with E-state index in [1.165, 1.54) is 0 Å². The van der Waals surface area contributed by atoms with Gasteiger partial charge in [-0.15, -0.1) is 5.10 Å². The number of ether oxygens (including phenoxy) is 1. The van der Waals surface area contributed by atoms with E-state index in [4.69, 9.17) is 27.9 Å². The fraction of sp³-hybridized carbons (Fsp3) is 0.100. The minimum absolute atomic E-state index is 0.478. The summed E-state index contributed by atoms with van der Waals surface area (Å²) < 4.78 is 9.62. The van der Waals surface area contributed by atoms with E-state index < -0.39 is 0 Å². The molecule has 0 aliphatic heterocycles. The summed E-state index contributed by atoms with van der Waals surface area (Å²) in [6, 6.07) is 17.4. The van der Waals surface area contributed by atoms with Crippen LogP contribution in [0.2, 0.25) is 10.0 Å². The van der Waals surface area contributed by atoms with Crippen LogP contribution in [0.5, 0.6) is 5.88 Å². The number of halogens is 2. The molecule has 4 rings (SSSR count). The van der Waals surface area contributed by atoms with Crippen LogP contribution in [0.4, 0.5) is 0 Å². The minimum atomic E-state index is 0.478. The van der Waals surface area contributed by atoms with Crippen molar-refractivity contribution >= 4 is 23.2 Å². The van der Waals surface area contributed by atoms with Crippen molar-refractivity contribution < 1.29 is 4.74 Å². The molecule has 27 heavy (non-hydrogen) atoms. The quantitative estimate of drug-likeness (QED) is 0.452. The van der Waals surface area contributed by atoms with Crippen LogP contribution in [-0.4, -0.2) is 25.9 Å². The first kappa shape index (κ1) is 17.6. The number of benzene rings is 2. The number of nitrogens with zero attached hydrogens (tertiary/aromatic N) is 4. The minimum Gasteiger partial charge on any atom is -0.475 e. The summed E-state index contributed by atoms with van der Waals surface area (Å²) in [6.07, 6.45) is 5.40. The smallest absolute Gasteiger partial charge is 0.233 e. The zero-order valence-electron chi connectivity index (χ0n) is 14.3. The van der Waals surface area contributed by atoms with Gasteiger partial charge in [0.1, 0.15) is 6.61 Å². The predicted molar refractivity (Wildman–Crippen MR) is 107 cm³/mol. The lowest BCUT2D eigenvalue weighted by Crippen LogP contribution is -2.07. The van der Waals surface area contributed by atoms with Crippen molar-refractivity contribution in [3.05, 3.63) is 83.4 Å². The third kappa shape index (κ3) is 3.99. The lowest BCUT2D eigenvalue weighted by atomic mass is 10.1. The maximum absolute atomic E-state index is 6.20. The van der Waals surface area contributed by atoms with Crippen molar-refractivity contribution in [2.75, 3.05) is 6.61 Å². The van der Waals surface area contributed by atoms with Gasteiger partial charge in [0.15, 0.2) is 0 Å². The zero-order chi connectivity index (χ0) is 18.6. The van der Waals surface area contributed by atoms with Gasteiger partial charge in [-0.25, -0.2) is 9.67 Å². The van der Waals surface area contributed by atoms with E-state index in [1.54, 1.807) is 24.7 Å². The van der Waals surface area contributed by atoms with Gasteiger partial charge in [-0.1, -0.05) is 53.5 Å². The summed E-state index contributed by atoms with van der Waals surface area (Å²) in [4.78, 5) is 4.03. The van der Waals surface area contributed by atoms with Crippen LogP contribution in [-0.2, 0) is 6.54 Å². The van der Waals surface area contributed by atoms with Gasteiger partial charge in [0.2, 0.25) is 5.88 Å². The molecule has 4 aromatic rings. The maximum atomic E-state index is 6.20. The normalized spacial score (nSPS) is 10.9. The van der Waals surface area contributed by atoms with Crippen LogP contribution in [0.1, 0.15) is 0 Å². The molecule has 0 amide bonds. The summed E-state index contributed by atoms with van der Waals surface area (Å²) in [6.45, 7) is 1.18. The molecule has 0 spiro atoms. The number of rotatable bonds is 6. The number of hydrogen-bond donors (Lipinski definition) is 0. The molecule has 0 aliphatic rings. The first-order valence-electron chi connectivity index (χ1n) is 8.40. The van der Waals surface area contributed by atoms with E-state index in [-0.39, 0.29) is 0 Å². The molecule has 7 heteroatoms. The second kappa shape index (κ2) is 7.86. The van der Waals surface area contributed by atoms with E-state index >= 15 is 0 Å². The molecule has 5 nitrogen and oxygen atoms in total. The largest absolute Gasteiger partial charge is 0.475 e. The van der Waals surface area contributed by atoms with E-state index in [1.807, 2.05) is 57.9 Å². The van der Waals surface area contributed by atoms with Gasteiger partial charge < -0.3 is 9.30 Å². The number of aromatic nitrogens is 4. The highest BCUT2D eigenvalue weighted by Gasteiger charge is 2.13. The van der Waals surface area contributed by atoms with Crippen molar-refractivity contribution in [2.45, 2.75) is 6.54 Å². The summed E-state index contributed by atoms with van der Waals surface area (Å²) >= 11 is 12.3. The Kier molecular flexibility index (Phi) is 5.14. The first-order chi connectivity index (χ1) is 13.2. The Morgan fingerprint density at radius 3 is 2.56 bits per heavy atom. The number of hydrogen-bond acceptors (Lipinski definition) is 3. The van der Waals surface area contributed by atoms with Gasteiger partial charge in [-0.3, -0.25) is 0 Å². The third-order valence-electron chi connectivity index (χ3n) is 4.06. The molecule has 2 aromatic carbocycles. The molecule has 0 N–H and O–H groups in total. The van der Waals surface area contributed by atoms with E-state index in [9.17, 15) is 0 Å². The Balaban J connectivity index is 1.65. The molecule has 0 aliphatic carbocycles. The van der Waals surface area contributed by atoms with Crippen molar-refractivity contribution in [1.29, 1.82) is 0 Å². The molecule has 136 valence electrons. The van der Waals surface area contributed by atoms with Crippen LogP contribution >= 0.6 is 23.2 Å². The average Bonchev–Trinajstić information content (AvgIpc) is 3.35. The van der Waals surface area contributed by atoms with E-state index in [2.05, 4.69) is 10.1 Å². The molecule has 2 aromatic heterocycles. The molecule has 0 saturated heterocycles. The standard InChI is InChI=1S/C20H16Cl2N4O/c21-17-7-6-16(12-18(17)22)26-19(15-4-2-1-3-5-15)13-20(24-26)27-11-10-25-9-8-23-14-25/h1-9,12-14H,10-11H2. The lowest BCUT2D eigenvalue weighted by molar-refractivity contribution is 0.285. The van der Waals surface area contributed by atoms with Gasteiger partial charge in [-0.2, -0.15) is 0 Å². The van der Waals surface area contributed by atoms with Crippen molar-refractivity contribution in [3.8, 4) is 22.8 Å². The molecular formula is C20H16Cl2N4O. The lowest BCUT2D eigenvalue weighted by Gasteiger charge is -2.08. The summed E-state index contributed by atoms with van der Waals surface area (Å²) in [7, 11) is 0. The van der Waals surface area contributed by atoms with Gasteiger partial charge in [-0.05, 0) is 18.2 Å². The fourth-order valence-corrected chi connectivity index (χ4v) is 3.03. The summed E-state index contributed by atoms with van der Waals surface area (Å²) in [5.41, 5.74) is 2.75. The van der Waals surface area contributed by atoms with Gasteiger partial charge >= 0.3 is 0 Å². The second-order valence-electron chi connectivity index (χ2n) is 5.89. The molecule has 0 fully saturated rings. The molecule has 0 radical (unpaired) electrons. The summed E-state index contributed by atoms with van der Waals surface area (Å²) in [5.74, 6) is 0.542. The third-order valence-corrected chi connectivity index (χ3v) is 4.80. The van der Waals surface area contributed by atoms with Gasteiger partial charge in [0.05, 0.1) is 34.3 Å². The fourth-order valence-electron chi connectivity index (χ4n) is 2.73. The van der Waals surface area contributed by atoms with Crippen LogP contribution in [0.15, 0.2) is 73.3 Å². The predicted octanol–water partition coefficient (Wildman–Crippen LogP) is 5.12. The molecule has 2 heterocycles. The maximum Gasteiger partial charge on any atom is 0.233 e. The Labute approximate surface area is 166 Å². The molecule has 0 atom stereocenters. The Morgan fingerprint density at radius 1 is 0.963 bits per heavy atom. The van der Waals surface area contributed by atoms with E-state index in [0.717, 1.165) is 16.9 Å². The van der Waals surface area contributed by atoms with Crippen LogP contribution < -0.4 is 4.74 Å². The highest BCUT2D eigenvalue weighted by Crippen LogP contribution is 2.30. The van der Waals surface area contributed by atoms with Gasteiger partial charge in [0, 0.05) is 24.0 Å².